The summed E-state index contributed by atoms with van der Waals surface area (Å²) >= 11 is 9.42. The molecule has 0 aliphatic heterocycles. The number of hydrogen-bond acceptors (Lipinski definition) is 3. The molecule has 3 rings (SSSR count). The monoisotopic (exact) mass is 393 g/mol. The highest BCUT2D eigenvalue weighted by molar-refractivity contribution is 9.10. The maximum atomic E-state index is 12.0. The van der Waals surface area contributed by atoms with Crippen LogP contribution in [-0.2, 0) is 17.9 Å². The minimum atomic E-state index is -0.169. The van der Waals surface area contributed by atoms with E-state index in [9.17, 15) is 4.79 Å². The lowest BCUT2D eigenvalue weighted by Gasteiger charge is -2.04. The molecule has 2 aromatic heterocycles. The maximum Gasteiger partial charge on any atom is 0.246 e. The summed E-state index contributed by atoms with van der Waals surface area (Å²) in [6.07, 6.45) is 6.74. The summed E-state index contributed by atoms with van der Waals surface area (Å²) in [7, 11) is 0. The summed E-state index contributed by atoms with van der Waals surface area (Å²) in [6, 6.07) is 7.59. The van der Waals surface area contributed by atoms with Gasteiger partial charge in [-0.15, -0.1) is 0 Å². The third kappa shape index (κ3) is 4.20. The lowest BCUT2D eigenvalue weighted by atomic mass is 10.2. The van der Waals surface area contributed by atoms with Gasteiger partial charge in [0.25, 0.3) is 0 Å². The van der Waals surface area contributed by atoms with E-state index in [0.29, 0.717) is 17.3 Å². The topological polar surface area (TPSA) is 64.7 Å². The van der Waals surface area contributed by atoms with E-state index in [0.717, 1.165) is 10.0 Å². The van der Waals surface area contributed by atoms with Crippen LogP contribution in [0.3, 0.4) is 0 Å². The van der Waals surface area contributed by atoms with E-state index >= 15 is 0 Å². The normalized spacial score (nSPS) is 10.7. The van der Waals surface area contributed by atoms with Crippen molar-refractivity contribution in [3.63, 3.8) is 0 Å². The minimum Gasteiger partial charge on any atom is -0.322 e. The van der Waals surface area contributed by atoms with Crippen LogP contribution in [0.15, 0.2) is 53.5 Å². The molecule has 0 radical (unpaired) electrons. The Bertz CT molecular complexity index is 829. The van der Waals surface area contributed by atoms with E-state index in [1.54, 1.807) is 34.2 Å². The van der Waals surface area contributed by atoms with Crippen LogP contribution in [0.1, 0.15) is 5.56 Å². The van der Waals surface area contributed by atoms with Crippen LogP contribution >= 0.6 is 27.5 Å². The lowest BCUT2D eigenvalue weighted by Crippen LogP contribution is -2.18. The number of nitrogens with zero attached hydrogens (tertiary/aromatic N) is 4. The zero-order valence-electron chi connectivity index (χ0n) is 12.0. The fourth-order valence-electron chi connectivity index (χ4n) is 2.09. The van der Waals surface area contributed by atoms with Crippen LogP contribution in [0, 0.1) is 0 Å². The summed E-state index contributed by atoms with van der Waals surface area (Å²) in [5, 5.41) is 11.8. The Balaban J connectivity index is 1.61. The van der Waals surface area contributed by atoms with Gasteiger partial charge in [-0.05, 0) is 27.6 Å². The molecular formula is C15H13BrClN5O. The van der Waals surface area contributed by atoms with Gasteiger partial charge in [-0.25, -0.2) is 0 Å². The number of nitrogens with one attached hydrogen (secondary N) is 1. The highest BCUT2D eigenvalue weighted by atomic mass is 79.9. The minimum absolute atomic E-state index is 0.140. The molecule has 0 spiro atoms. The summed E-state index contributed by atoms with van der Waals surface area (Å²) in [4.78, 5) is 12.0. The fraction of sp³-hybridized carbons (Fsp3) is 0.133. The number of benzene rings is 1. The van der Waals surface area contributed by atoms with Crippen molar-refractivity contribution in [3.8, 4) is 0 Å². The maximum absolute atomic E-state index is 12.0. The zero-order chi connectivity index (χ0) is 16.2. The van der Waals surface area contributed by atoms with Gasteiger partial charge in [0.05, 0.1) is 29.1 Å². The molecule has 3 aromatic rings. The molecule has 0 unspecified atom stereocenters. The molecule has 0 atom stereocenters. The smallest absolute Gasteiger partial charge is 0.246 e. The first kappa shape index (κ1) is 15.8. The van der Waals surface area contributed by atoms with Crippen molar-refractivity contribution in [2.24, 2.45) is 0 Å². The lowest BCUT2D eigenvalue weighted by molar-refractivity contribution is -0.116. The number of anilines is 1. The Morgan fingerprint density at radius 3 is 2.70 bits per heavy atom. The average molecular weight is 395 g/mol. The van der Waals surface area contributed by atoms with Crippen LogP contribution < -0.4 is 5.32 Å². The zero-order valence-corrected chi connectivity index (χ0v) is 14.3. The third-order valence-corrected chi connectivity index (χ3v) is 3.89. The molecule has 118 valence electrons. The molecule has 0 saturated carbocycles. The molecule has 1 amide bonds. The molecule has 0 saturated heterocycles. The third-order valence-electron chi connectivity index (χ3n) is 3.11. The molecule has 1 aromatic carbocycles. The van der Waals surface area contributed by atoms with Crippen molar-refractivity contribution in [3.05, 3.63) is 64.1 Å². The summed E-state index contributed by atoms with van der Waals surface area (Å²) in [6.45, 7) is 0.683. The number of carbonyl (C=O) groups is 1. The van der Waals surface area contributed by atoms with Gasteiger partial charge in [0.15, 0.2) is 0 Å². The van der Waals surface area contributed by atoms with Gasteiger partial charge >= 0.3 is 0 Å². The molecule has 2 heterocycles. The van der Waals surface area contributed by atoms with Crippen molar-refractivity contribution in [2.45, 2.75) is 13.1 Å². The largest absolute Gasteiger partial charge is 0.322 e. The summed E-state index contributed by atoms with van der Waals surface area (Å²) in [5.41, 5.74) is 1.60. The van der Waals surface area contributed by atoms with Crippen LogP contribution in [0.5, 0.6) is 0 Å². The molecular weight excluding hydrogens is 382 g/mol. The van der Waals surface area contributed by atoms with Gasteiger partial charge in [-0.1, -0.05) is 29.8 Å². The van der Waals surface area contributed by atoms with Gasteiger partial charge < -0.3 is 5.32 Å². The molecule has 1 N–H and O–H groups in total. The number of hydrogen-bond donors (Lipinski definition) is 1. The molecule has 23 heavy (non-hydrogen) atoms. The highest BCUT2D eigenvalue weighted by Crippen LogP contribution is 2.16. The molecule has 0 aliphatic rings. The first-order valence-corrected chi connectivity index (χ1v) is 8.01. The van der Waals surface area contributed by atoms with Gasteiger partial charge in [-0.3, -0.25) is 14.2 Å². The first-order valence-electron chi connectivity index (χ1n) is 6.84. The molecule has 0 bridgehead atoms. The van der Waals surface area contributed by atoms with Crippen LogP contribution in [-0.4, -0.2) is 25.5 Å². The second kappa shape index (κ2) is 6.97. The van der Waals surface area contributed by atoms with Crippen LogP contribution in [0.25, 0.3) is 0 Å². The van der Waals surface area contributed by atoms with E-state index in [1.807, 2.05) is 24.3 Å². The van der Waals surface area contributed by atoms with Gasteiger partial charge in [-0.2, -0.15) is 10.2 Å². The van der Waals surface area contributed by atoms with E-state index in [4.69, 9.17) is 11.6 Å². The molecule has 6 nitrogen and oxygen atoms in total. The average Bonchev–Trinajstić information content (AvgIpc) is 3.11. The summed E-state index contributed by atoms with van der Waals surface area (Å²) < 4.78 is 4.10. The summed E-state index contributed by atoms with van der Waals surface area (Å²) in [5.74, 6) is -0.169. The van der Waals surface area contributed by atoms with Crippen molar-refractivity contribution in [1.29, 1.82) is 0 Å². The quantitative estimate of drug-likeness (QED) is 0.723. The Kier molecular flexibility index (Phi) is 4.78. The number of rotatable bonds is 5. The Morgan fingerprint density at radius 2 is 1.96 bits per heavy atom. The Labute approximate surface area is 146 Å². The second-order valence-electron chi connectivity index (χ2n) is 4.92. The predicted molar refractivity (Wildman–Crippen MR) is 91.3 cm³/mol. The van der Waals surface area contributed by atoms with Crippen molar-refractivity contribution in [2.75, 3.05) is 5.32 Å². The van der Waals surface area contributed by atoms with E-state index in [2.05, 4.69) is 31.4 Å². The number of amides is 1. The fourth-order valence-corrected chi connectivity index (χ4v) is 2.61. The predicted octanol–water partition coefficient (Wildman–Crippen LogP) is 3.18. The van der Waals surface area contributed by atoms with Gasteiger partial charge in [0, 0.05) is 17.4 Å². The van der Waals surface area contributed by atoms with Crippen molar-refractivity contribution in [1.82, 2.24) is 19.6 Å². The standard InChI is InChI=1S/C15H13BrClN5O/c16-12-5-18-22(8-12)10-15(23)20-13-6-19-21(9-13)7-11-3-1-2-4-14(11)17/h1-6,8-9H,7,10H2,(H,20,23). The number of halogens is 2. The van der Waals surface area contributed by atoms with E-state index in [-0.39, 0.29) is 12.5 Å². The van der Waals surface area contributed by atoms with Crippen molar-refractivity contribution < 1.29 is 4.79 Å². The number of aromatic nitrogens is 4. The number of carbonyl (C=O) groups excluding carboxylic acids is 1. The van der Waals surface area contributed by atoms with Crippen LogP contribution in [0.2, 0.25) is 5.02 Å². The highest BCUT2D eigenvalue weighted by Gasteiger charge is 2.07. The van der Waals surface area contributed by atoms with Crippen molar-refractivity contribution >= 4 is 39.1 Å². The van der Waals surface area contributed by atoms with Crippen LogP contribution in [0.4, 0.5) is 5.69 Å². The Hall–Kier alpha value is -2.12. The second-order valence-corrected chi connectivity index (χ2v) is 6.25. The molecule has 0 aliphatic carbocycles. The van der Waals surface area contributed by atoms with E-state index < -0.39 is 0 Å². The van der Waals surface area contributed by atoms with Gasteiger partial charge in [0.2, 0.25) is 5.91 Å². The van der Waals surface area contributed by atoms with Gasteiger partial charge in [0.1, 0.15) is 6.54 Å². The molecule has 8 heteroatoms. The Morgan fingerprint density at radius 1 is 1.17 bits per heavy atom. The molecule has 0 fully saturated rings. The first-order chi connectivity index (χ1) is 11.1. The SMILES string of the molecule is O=C(Cn1cc(Br)cn1)Nc1cnn(Cc2ccccc2Cl)c1. The van der Waals surface area contributed by atoms with E-state index in [1.165, 1.54) is 0 Å².